The number of fused-ring (bicyclic) bond motifs is 1. The van der Waals surface area contributed by atoms with E-state index < -0.39 is 0 Å². The molecular weight excluding hydrogens is 454 g/mol. The van der Waals surface area contributed by atoms with Crippen molar-refractivity contribution in [1.82, 2.24) is 25.6 Å². The highest BCUT2D eigenvalue weighted by Gasteiger charge is 2.11. The van der Waals surface area contributed by atoms with Gasteiger partial charge in [-0.3, -0.25) is 4.79 Å². The predicted molar refractivity (Wildman–Crippen MR) is 137 cm³/mol. The van der Waals surface area contributed by atoms with E-state index in [1.165, 1.54) is 18.2 Å². The first kappa shape index (κ1) is 22.7. The number of para-hydroxylation sites is 1. The van der Waals surface area contributed by atoms with Gasteiger partial charge in [-0.15, -0.1) is 10.2 Å². The van der Waals surface area contributed by atoms with Gasteiger partial charge in [-0.1, -0.05) is 59.8 Å². The molecule has 2 heterocycles. The lowest BCUT2D eigenvalue weighted by Gasteiger charge is -2.06. The molecule has 2 N–H and O–H groups in total. The lowest BCUT2D eigenvalue weighted by atomic mass is 10.1. The van der Waals surface area contributed by atoms with Crippen molar-refractivity contribution in [2.75, 3.05) is 0 Å². The van der Waals surface area contributed by atoms with Crippen LogP contribution in [0.5, 0.6) is 11.5 Å². The lowest BCUT2D eigenvalue weighted by Crippen LogP contribution is -2.00. The van der Waals surface area contributed by atoms with Crippen LogP contribution in [0.15, 0.2) is 84.9 Å². The Labute approximate surface area is 206 Å². The largest absolute Gasteiger partial charge is 0.507 e. The Kier molecular flexibility index (Phi) is 6.57. The summed E-state index contributed by atoms with van der Waals surface area (Å²) in [4.78, 5) is 17.4. The number of carbonyl (C=O) groups is 1. The summed E-state index contributed by atoms with van der Waals surface area (Å²) < 4.78 is 5.58. The average Bonchev–Trinajstić information content (AvgIpc) is 3.44. The number of hydrogen-bond acceptors (Lipinski definition) is 7. The minimum absolute atomic E-state index is 0.0831. The van der Waals surface area contributed by atoms with Gasteiger partial charge < -0.3 is 9.84 Å². The summed E-state index contributed by atoms with van der Waals surface area (Å²) in [6.45, 7) is 0.0831. The summed E-state index contributed by atoms with van der Waals surface area (Å²) in [5.41, 5.74) is 3.76. The summed E-state index contributed by atoms with van der Waals surface area (Å²) in [5.74, 6) is 0.305. The molecular formula is C28H21N5O3. The quantitative estimate of drug-likeness (QED) is 0.237. The minimum Gasteiger partial charge on any atom is -0.507 e. The first-order valence-electron chi connectivity index (χ1n) is 11.2. The monoisotopic (exact) mass is 475 g/mol. The van der Waals surface area contributed by atoms with Crippen LogP contribution in [0.4, 0.5) is 0 Å². The van der Waals surface area contributed by atoms with Crippen molar-refractivity contribution in [3.63, 3.8) is 0 Å². The topological polar surface area (TPSA) is 114 Å². The Bertz CT molecular complexity index is 1580. The maximum Gasteiger partial charge on any atom is 0.211 e. The van der Waals surface area contributed by atoms with E-state index in [2.05, 4.69) is 25.6 Å². The van der Waals surface area contributed by atoms with Gasteiger partial charge in [0.1, 0.15) is 11.5 Å². The van der Waals surface area contributed by atoms with E-state index in [-0.39, 0.29) is 23.7 Å². The van der Waals surface area contributed by atoms with Crippen molar-refractivity contribution in [2.24, 2.45) is 0 Å². The van der Waals surface area contributed by atoms with E-state index >= 15 is 0 Å². The highest BCUT2D eigenvalue weighted by Crippen LogP contribution is 2.25. The second-order valence-electron chi connectivity index (χ2n) is 7.93. The van der Waals surface area contributed by atoms with Gasteiger partial charge in [-0.05, 0) is 59.7 Å². The van der Waals surface area contributed by atoms with Crippen LogP contribution < -0.4 is 4.74 Å². The molecule has 8 nitrogen and oxygen atoms in total. The van der Waals surface area contributed by atoms with E-state index in [0.29, 0.717) is 11.6 Å². The van der Waals surface area contributed by atoms with Gasteiger partial charge in [0.2, 0.25) is 5.82 Å². The third-order valence-corrected chi connectivity index (χ3v) is 5.39. The Balaban J connectivity index is 1.27. The second-order valence-corrected chi connectivity index (χ2v) is 7.93. The van der Waals surface area contributed by atoms with Crippen LogP contribution in [0.2, 0.25) is 0 Å². The van der Waals surface area contributed by atoms with Crippen LogP contribution in [0.3, 0.4) is 0 Å². The fourth-order valence-corrected chi connectivity index (χ4v) is 3.58. The average molecular weight is 476 g/mol. The third kappa shape index (κ3) is 5.51. The molecule has 0 radical (unpaired) electrons. The van der Waals surface area contributed by atoms with Crippen molar-refractivity contribution in [3.05, 3.63) is 113 Å². The van der Waals surface area contributed by atoms with Gasteiger partial charge in [0.15, 0.2) is 12.4 Å². The van der Waals surface area contributed by atoms with Crippen molar-refractivity contribution in [2.45, 2.75) is 6.61 Å². The number of pyridine rings is 1. The van der Waals surface area contributed by atoms with Gasteiger partial charge >= 0.3 is 0 Å². The van der Waals surface area contributed by atoms with E-state index in [1.54, 1.807) is 12.1 Å². The maximum absolute atomic E-state index is 12.8. The number of hydrogen-bond donors (Lipinski definition) is 2. The summed E-state index contributed by atoms with van der Waals surface area (Å²) in [6, 6.07) is 24.2. The fraction of sp³-hybridized carbons (Fsp3) is 0.0357. The number of phenolic OH excluding ortho intramolecular Hbond substituents is 1. The van der Waals surface area contributed by atoms with E-state index in [1.807, 2.05) is 72.8 Å². The van der Waals surface area contributed by atoms with Crippen molar-refractivity contribution in [1.29, 1.82) is 0 Å². The first-order valence-corrected chi connectivity index (χ1v) is 11.2. The van der Waals surface area contributed by atoms with Crippen LogP contribution in [0, 0.1) is 0 Å². The number of tetrazole rings is 1. The van der Waals surface area contributed by atoms with Crippen LogP contribution >= 0.6 is 0 Å². The number of nitrogens with zero attached hydrogens (tertiary/aromatic N) is 4. The molecule has 0 aliphatic heterocycles. The molecule has 0 saturated carbocycles. The number of rotatable bonds is 8. The lowest BCUT2D eigenvalue weighted by molar-refractivity contribution is 0.104. The van der Waals surface area contributed by atoms with Crippen LogP contribution in [0.25, 0.3) is 29.1 Å². The number of allylic oxidation sites excluding steroid dienone is 1. The molecule has 176 valence electrons. The van der Waals surface area contributed by atoms with Gasteiger partial charge in [0, 0.05) is 5.39 Å². The molecule has 0 aliphatic rings. The number of aromatic nitrogens is 5. The van der Waals surface area contributed by atoms with Crippen LogP contribution in [0.1, 0.15) is 33.0 Å². The van der Waals surface area contributed by atoms with Crippen LogP contribution in [-0.4, -0.2) is 36.5 Å². The SMILES string of the molecule is O=C(/C=C/c1cccc(/C=C/c2ccc3ccccc3n2)c1)c1cc(OCc2nn[nH]n2)ccc1O. The molecule has 0 bridgehead atoms. The number of aromatic hydroxyl groups is 1. The molecule has 0 aliphatic carbocycles. The van der Waals surface area contributed by atoms with Gasteiger partial charge in [-0.25, -0.2) is 4.98 Å². The Hall–Kier alpha value is -5.11. The maximum atomic E-state index is 12.8. The molecule has 0 amide bonds. The molecule has 5 aromatic rings. The van der Waals surface area contributed by atoms with Crippen LogP contribution in [-0.2, 0) is 6.61 Å². The molecule has 0 atom stereocenters. The predicted octanol–water partition coefficient (Wildman–Crippen LogP) is 5.10. The van der Waals surface area contributed by atoms with E-state index in [0.717, 1.165) is 27.7 Å². The molecule has 2 aromatic heterocycles. The standard InChI is InChI=1S/C28H21N5O3/c34-26(24-17-23(13-15-27(24)35)36-18-28-30-32-33-31-28)14-9-20-5-3-4-19(16-20)8-11-22-12-10-21-6-1-2-7-25(21)29-22/h1-17,35H,18H2,(H,30,31,32,33)/b11-8+,14-9+. The normalized spacial score (nSPS) is 11.4. The molecule has 0 unspecified atom stereocenters. The summed E-state index contributed by atoms with van der Waals surface area (Å²) >= 11 is 0. The van der Waals surface area contributed by atoms with E-state index in [9.17, 15) is 9.90 Å². The number of nitrogens with one attached hydrogen (secondary N) is 1. The molecule has 0 fully saturated rings. The summed E-state index contributed by atoms with van der Waals surface area (Å²) in [7, 11) is 0. The molecule has 0 spiro atoms. The number of benzene rings is 3. The third-order valence-electron chi connectivity index (χ3n) is 5.39. The molecule has 8 heteroatoms. The van der Waals surface area contributed by atoms with Crippen molar-refractivity contribution < 1.29 is 14.6 Å². The zero-order valence-corrected chi connectivity index (χ0v) is 19.1. The number of carbonyl (C=O) groups excluding carboxylic acids is 1. The smallest absolute Gasteiger partial charge is 0.211 e. The highest BCUT2D eigenvalue weighted by atomic mass is 16.5. The number of ether oxygens (including phenoxy) is 1. The Morgan fingerprint density at radius 1 is 0.917 bits per heavy atom. The highest BCUT2D eigenvalue weighted by molar-refractivity contribution is 6.08. The van der Waals surface area contributed by atoms with Gasteiger partial charge in [-0.2, -0.15) is 5.21 Å². The fourth-order valence-electron chi connectivity index (χ4n) is 3.58. The zero-order valence-electron chi connectivity index (χ0n) is 19.1. The Morgan fingerprint density at radius 2 is 1.78 bits per heavy atom. The number of ketones is 1. The molecule has 36 heavy (non-hydrogen) atoms. The van der Waals surface area contributed by atoms with Crippen molar-refractivity contribution >= 4 is 34.9 Å². The zero-order chi connectivity index (χ0) is 24.7. The number of phenols is 1. The summed E-state index contributed by atoms with van der Waals surface area (Å²) in [6.07, 6.45) is 7.07. The molecule has 0 saturated heterocycles. The van der Waals surface area contributed by atoms with Gasteiger partial charge in [0.25, 0.3) is 0 Å². The molecule has 5 rings (SSSR count). The van der Waals surface area contributed by atoms with E-state index in [4.69, 9.17) is 4.74 Å². The van der Waals surface area contributed by atoms with Crippen molar-refractivity contribution in [3.8, 4) is 11.5 Å². The van der Waals surface area contributed by atoms with Gasteiger partial charge in [0.05, 0.1) is 16.8 Å². The number of H-pyrrole nitrogens is 1. The first-order chi connectivity index (χ1) is 17.6. The molecule has 3 aromatic carbocycles. The minimum atomic E-state index is -0.348. The number of aromatic amines is 1. The second kappa shape index (κ2) is 10.4. The summed E-state index contributed by atoms with van der Waals surface area (Å²) in [5, 5.41) is 24.7. The Morgan fingerprint density at radius 3 is 2.64 bits per heavy atom.